The van der Waals surface area contributed by atoms with Gasteiger partial charge in [0.25, 0.3) is 0 Å². The van der Waals surface area contributed by atoms with E-state index in [9.17, 15) is 9.59 Å². The van der Waals surface area contributed by atoms with E-state index in [1.807, 2.05) is 12.2 Å². The van der Waals surface area contributed by atoms with Crippen molar-refractivity contribution in [2.45, 2.75) is 53.4 Å². The molecule has 0 bridgehead atoms. The average Bonchev–Trinajstić information content (AvgIpc) is 2.68. The highest BCUT2D eigenvalue weighted by atomic mass is 16.5. The van der Waals surface area contributed by atoms with Gasteiger partial charge < -0.3 is 9.47 Å². The van der Waals surface area contributed by atoms with Crippen molar-refractivity contribution >= 4 is 11.9 Å². The van der Waals surface area contributed by atoms with Gasteiger partial charge in [-0.1, -0.05) is 64.2 Å². The summed E-state index contributed by atoms with van der Waals surface area (Å²) in [5, 5.41) is 0. The summed E-state index contributed by atoms with van der Waals surface area (Å²) in [6, 6.07) is 0. The maximum Gasteiger partial charge on any atom is 0.335 e. The smallest absolute Gasteiger partial charge is 0.335 e. The number of esters is 2. The Labute approximate surface area is 168 Å². The summed E-state index contributed by atoms with van der Waals surface area (Å²) in [5.41, 5.74) is 2.47. The quantitative estimate of drug-likeness (QED) is 0.418. The molecule has 0 spiro atoms. The second kappa shape index (κ2) is 8.59. The fourth-order valence-electron chi connectivity index (χ4n) is 3.59. The van der Waals surface area contributed by atoms with Crippen LogP contribution in [-0.4, -0.2) is 11.9 Å². The number of carbonyl (C=O) groups is 2. The Morgan fingerprint density at radius 2 is 1.11 bits per heavy atom. The maximum absolute atomic E-state index is 11.4. The lowest BCUT2D eigenvalue weighted by Gasteiger charge is -2.46. The zero-order valence-corrected chi connectivity index (χ0v) is 17.3. The van der Waals surface area contributed by atoms with E-state index in [2.05, 4.69) is 53.0 Å². The fraction of sp³-hybridized carbons (Fsp3) is 0.417. The van der Waals surface area contributed by atoms with Crippen LogP contribution in [-0.2, 0) is 19.1 Å². The molecular formula is C24H30O4. The van der Waals surface area contributed by atoms with E-state index in [0.717, 1.165) is 12.8 Å². The van der Waals surface area contributed by atoms with Gasteiger partial charge in [-0.3, -0.25) is 0 Å². The molecule has 0 saturated carbocycles. The number of hydrogen-bond acceptors (Lipinski definition) is 4. The van der Waals surface area contributed by atoms with Crippen molar-refractivity contribution in [3.63, 3.8) is 0 Å². The molecule has 0 atom stereocenters. The van der Waals surface area contributed by atoms with E-state index in [1.165, 1.54) is 23.3 Å². The van der Waals surface area contributed by atoms with E-state index in [4.69, 9.17) is 9.47 Å². The number of allylic oxidation sites excluding steroid dienone is 8. The first-order chi connectivity index (χ1) is 13.1. The van der Waals surface area contributed by atoms with E-state index in [0.29, 0.717) is 24.4 Å². The summed E-state index contributed by atoms with van der Waals surface area (Å²) in [4.78, 5) is 22.8. The fourth-order valence-corrected chi connectivity index (χ4v) is 3.59. The van der Waals surface area contributed by atoms with Gasteiger partial charge in [0.2, 0.25) is 0 Å². The lowest BCUT2D eigenvalue weighted by Crippen LogP contribution is -2.37. The third-order valence-corrected chi connectivity index (χ3v) is 6.19. The Kier molecular flexibility index (Phi) is 6.65. The topological polar surface area (TPSA) is 52.6 Å². The molecule has 0 unspecified atom stereocenters. The van der Waals surface area contributed by atoms with Crippen LogP contribution >= 0.6 is 0 Å². The molecule has 0 aromatic rings. The monoisotopic (exact) mass is 382 g/mol. The first-order valence-corrected chi connectivity index (χ1v) is 9.60. The van der Waals surface area contributed by atoms with Gasteiger partial charge in [0.15, 0.2) is 0 Å². The van der Waals surface area contributed by atoms with Crippen molar-refractivity contribution in [2.75, 3.05) is 0 Å². The lowest BCUT2D eigenvalue weighted by atomic mass is 9.58. The van der Waals surface area contributed by atoms with Crippen LogP contribution in [0, 0.1) is 10.8 Å². The highest BCUT2D eigenvalue weighted by Crippen LogP contribution is 2.53. The Bertz CT molecular complexity index is 732. The van der Waals surface area contributed by atoms with E-state index >= 15 is 0 Å². The van der Waals surface area contributed by atoms with E-state index < -0.39 is 11.9 Å². The molecular weight excluding hydrogens is 352 g/mol. The minimum absolute atomic E-state index is 0.0908. The molecule has 0 aromatic carbocycles. The summed E-state index contributed by atoms with van der Waals surface area (Å²) in [7, 11) is 0. The Balaban J connectivity index is 2.20. The lowest BCUT2D eigenvalue weighted by molar-refractivity contribution is -0.135. The highest BCUT2D eigenvalue weighted by Gasteiger charge is 2.42. The van der Waals surface area contributed by atoms with Crippen LogP contribution in [0.15, 0.2) is 72.3 Å². The predicted octanol–water partition coefficient (Wildman–Crippen LogP) is 5.71. The van der Waals surface area contributed by atoms with Gasteiger partial charge in [0.1, 0.15) is 11.5 Å². The second-order valence-electron chi connectivity index (χ2n) is 8.15. The van der Waals surface area contributed by atoms with Crippen LogP contribution in [0.4, 0.5) is 0 Å². The molecule has 2 aliphatic rings. The van der Waals surface area contributed by atoms with Crippen LogP contribution < -0.4 is 0 Å². The SMILES string of the molecule is C=CC(=O)OC1=CC=C(C(C)(C)C(C)(C)C2=CC=C(OC(=O)C=C)CC2)CC1. The van der Waals surface area contributed by atoms with Crippen LogP contribution in [0.5, 0.6) is 0 Å². The summed E-state index contributed by atoms with van der Waals surface area (Å²) >= 11 is 0. The van der Waals surface area contributed by atoms with Crippen molar-refractivity contribution in [1.82, 2.24) is 0 Å². The Hall–Kier alpha value is -2.62. The normalized spacial score (nSPS) is 17.4. The van der Waals surface area contributed by atoms with Gasteiger partial charge >= 0.3 is 11.9 Å². The van der Waals surface area contributed by atoms with E-state index in [-0.39, 0.29) is 10.8 Å². The van der Waals surface area contributed by atoms with Gasteiger partial charge in [0.05, 0.1) is 0 Å². The number of ether oxygens (including phenoxy) is 2. The van der Waals surface area contributed by atoms with Crippen LogP contribution in [0.2, 0.25) is 0 Å². The molecule has 0 radical (unpaired) electrons. The van der Waals surface area contributed by atoms with Gasteiger partial charge in [0, 0.05) is 25.0 Å². The molecule has 28 heavy (non-hydrogen) atoms. The van der Waals surface area contributed by atoms with Gasteiger partial charge in [-0.05, 0) is 35.8 Å². The molecule has 150 valence electrons. The molecule has 0 amide bonds. The summed E-state index contributed by atoms with van der Waals surface area (Å²) in [6.45, 7) is 15.9. The Morgan fingerprint density at radius 1 is 0.750 bits per heavy atom. The third kappa shape index (κ3) is 4.61. The van der Waals surface area contributed by atoms with Gasteiger partial charge in [-0.2, -0.15) is 0 Å². The summed E-state index contributed by atoms with van der Waals surface area (Å²) in [6.07, 6.45) is 13.4. The summed E-state index contributed by atoms with van der Waals surface area (Å²) in [5.74, 6) is 0.510. The van der Waals surface area contributed by atoms with E-state index in [1.54, 1.807) is 0 Å². The van der Waals surface area contributed by atoms with Crippen molar-refractivity contribution < 1.29 is 19.1 Å². The minimum atomic E-state index is -0.421. The average molecular weight is 383 g/mol. The Morgan fingerprint density at radius 3 is 1.36 bits per heavy atom. The number of hydrogen-bond donors (Lipinski definition) is 0. The first kappa shape index (κ1) is 21.7. The van der Waals surface area contributed by atoms with Crippen LogP contribution in [0.1, 0.15) is 53.4 Å². The maximum atomic E-state index is 11.4. The van der Waals surface area contributed by atoms with Crippen molar-refractivity contribution in [2.24, 2.45) is 10.8 Å². The van der Waals surface area contributed by atoms with Crippen LogP contribution in [0.25, 0.3) is 0 Å². The highest BCUT2D eigenvalue weighted by molar-refractivity contribution is 5.82. The molecule has 0 N–H and O–H groups in total. The molecule has 0 aromatic heterocycles. The van der Waals surface area contributed by atoms with Gasteiger partial charge in [-0.15, -0.1) is 0 Å². The third-order valence-electron chi connectivity index (χ3n) is 6.19. The molecule has 0 fully saturated rings. The standard InChI is InChI=1S/C24H30O4/c1-7-21(25)27-19-13-9-17(10-14-19)23(3,4)24(5,6)18-11-15-20(16-12-18)28-22(26)8-2/h7-9,11,13,15H,1-2,10,12,14,16H2,3-6H3. The first-order valence-electron chi connectivity index (χ1n) is 9.60. The molecule has 0 aliphatic heterocycles. The summed E-state index contributed by atoms with van der Waals surface area (Å²) < 4.78 is 10.5. The van der Waals surface area contributed by atoms with Gasteiger partial charge in [-0.25, -0.2) is 9.59 Å². The number of rotatable bonds is 7. The van der Waals surface area contributed by atoms with Crippen molar-refractivity contribution in [1.29, 1.82) is 0 Å². The predicted molar refractivity (Wildman–Crippen MR) is 111 cm³/mol. The molecule has 4 nitrogen and oxygen atoms in total. The largest absolute Gasteiger partial charge is 0.428 e. The van der Waals surface area contributed by atoms with Crippen molar-refractivity contribution in [3.8, 4) is 0 Å². The molecule has 2 aliphatic carbocycles. The molecule has 0 heterocycles. The minimum Gasteiger partial charge on any atom is -0.428 e. The molecule has 0 saturated heterocycles. The number of carbonyl (C=O) groups excluding carboxylic acids is 2. The zero-order chi connectivity index (χ0) is 20.9. The zero-order valence-electron chi connectivity index (χ0n) is 17.3. The molecule has 4 heteroatoms. The second-order valence-corrected chi connectivity index (χ2v) is 8.15. The molecule has 2 rings (SSSR count). The van der Waals surface area contributed by atoms with Crippen LogP contribution in [0.3, 0.4) is 0 Å². The van der Waals surface area contributed by atoms with Crippen molar-refractivity contribution in [3.05, 3.63) is 72.3 Å².